The molecule has 0 radical (unpaired) electrons. The Labute approximate surface area is 224 Å². The minimum atomic E-state index is -0.670. The molecule has 37 heavy (non-hydrogen) atoms. The summed E-state index contributed by atoms with van der Waals surface area (Å²) >= 11 is 0. The van der Waals surface area contributed by atoms with Crippen molar-refractivity contribution in [2.75, 3.05) is 6.61 Å². The molecule has 0 aromatic heterocycles. The summed E-state index contributed by atoms with van der Waals surface area (Å²) < 4.78 is 12.0. The molecule has 3 aliphatic carbocycles. The number of rotatable bonds is 6. The number of aliphatic hydroxyl groups is 2. The van der Waals surface area contributed by atoms with Gasteiger partial charge in [-0.25, -0.2) is 4.79 Å². The number of carbonyl (C=O) groups is 1. The van der Waals surface area contributed by atoms with Gasteiger partial charge < -0.3 is 19.7 Å². The Morgan fingerprint density at radius 1 is 1.19 bits per heavy atom. The topological polar surface area (TPSA) is 76.0 Å². The lowest BCUT2D eigenvalue weighted by Gasteiger charge is -2.42. The van der Waals surface area contributed by atoms with Crippen LogP contribution in [0.1, 0.15) is 93.9 Å². The summed E-state index contributed by atoms with van der Waals surface area (Å²) in [6.07, 6.45) is 10.1. The molecule has 3 rings (SSSR count). The molecule has 2 saturated carbocycles. The fourth-order valence-corrected chi connectivity index (χ4v) is 7.05. The monoisotopic (exact) mass is 514 g/mol. The normalized spacial score (nSPS) is 32.0. The van der Waals surface area contributed by atoms with E-state index in [-0.39, 0.29) is 41.0 Å². The molecule has 2 N–H and O–H groups in total. The summed E-state index contributed by atoms with van der Waals surface area (Å²) in [5, 5.41) is 20.3. The maximum Gasteiger partial charge on any atom is 0.332 e. The molecule has 0 aromatic rings. The Bertz CT molecular complexity index is 943. The van der Waals surface area contributed by atoms with E-state index in [1.54, 1.807) is 0 Å². The summed E-state index contributed by atoms with van der Waals surface area (Å²) in [4.78, 5) is 12.8. The van der Waals surface area contributed by atoms with Gasteiger partial charge in [-0.1, -0.05) is 78.8 Å². The van der Waals surface area contributed by atoms with Gasteiger partial charge in [0.05, 0.1) is 18.3 Å². The van der Waals surface area contributed by atoms with Crippen LogP contribution in [0.3, 0.4) is 0 Å². The number of aliphatic hydroxyl groups excluding tert-OH is 2. The highest BCUT2D eigenvalue weighted by atomic mass is 16.6. The summed E-state index contributed by atoms with van der Waals surface area (Å²) in [6.45, 7) is 21.0. The van der Waals surface area contributed by atoms with Gasteiger partial charge in [0, 0.05) is 6.42 Å². The Hall–Kier alpha value is -1.69. The molecule has 5 heteroatoms. The van der Waals surface area contributed by atoms with Crippen LogP contribution in [0.2, 0.25) is 0 Å². The molecule has 5 atom stereocenters. The van der Waals surface area contributed by atoms with Crippen molar-refractivity contribution in [3.05, 3.63) is 47.1 Å². The first-order chi connectivity index (χ1) is 17.0. The standard InChI is InChI=1S/C32H50O5/c1-20-23(17-24(33)18-27(20)34)13-12-22-11-10-16-32(9)25(14-15-26(22)32)21(2)36-19-28(35)37-29(30(3,4)5)31(6,7)8/h12-14,21,24,26-27,29,33-34H,1,10-11,15-19H2,2-9H3/t21-,24+,26-,27-,32+/m0/s1. The Kier molecular flexibility index (Phi) is 9.04. The third-order valence-corrected chi connectivity index (χ3v) is 8.59. The fourth-order valence-electron chi connectivity index (χ4n) is 7.05. The molecule has 3 aliphatic rings. The molecule has 2 fully saturated rings. The van der Waals surface area contributed by atoms with Gasteiger partial charge in [-0.05, 0) is 77.9 Å². The van der Waals surface area contributed by atoms with Crippen molar-refractivity contribution in [2.24, 2.45) is 22.2 Å². The lowest BCUT2D eigenvalue weighted by molar-refractivity contribution is -0.170. The number of hydrogen-bond donors (Lipinski definition) is 2. The molecule has 0 heterocycles. The first-order valence-electron chi connectivity index (χ1n) is 14.0. The van der Waals surface area contributed by atoms with Crippen LogP contribution in [0.15, 0.2) is 47.1 Å². The van der Waals surface area contributed by atoms with Gasteiger partial charge in [0.15, 0.2) is 0 Å². The van der Waals surface area contributed by atoms with Crippen molar-refractivity contribution in [3.8, 4) is 0 Å². The Morgan fingerprint density at radius 3 is 2.46 bits per heavy atom. The second-order valence-corrected chi connectivity index (χ2v) is 13.8. The van der Waals surface area contributed by atoms with E-state index in [0.717, 1.165) is 36.8 Å². The largest absolute Gasteiger partial charge is 0.460 e. The van der Waals surface area contributed by atoms with E-state index in [1.807, 2.05) is 6.92 Å². The lowest BCUT2D eigenvalue weighted by atomic mass is 9.63. The van der Waals surface area contributed by atoms with Crippen molar-refractivity contribution in [2.45, 2.75) is 118 Å². The fraction of sp³-hybridized carbons (Fsp3) is 0.719. The average molecular weight is 515 g/mol. The minimum Gasteiger partial charge on any atom is -0.460 e. The van der Waals surface area contributed by atoms with E-state index in [2.05, 4.69) is 73.3 Å². The van der Waals surface area contributed by atoms with E-state index in [9.17, 15) is 15.0 Å². The average Bonchev–Trinajstić information content (AvgIpc) is 3.13. The van der Waals surface area contributed by atoms with Gasteiger partial charge in [0.25, 0.3) is 0 Å². The van der Waals surface area contributed by atoms with Crippen molar-refractivity contribution in [3.63, 3.8) is 0 Å². The summed E-state index contributed by atoms with van der Waals surface area (Å²) in [5.41, 5.74) is 4.02. The van der Waals surface area contributed by atoms with Crippen LogP contribution in [-0.4, -0.2) is 47.2 Å². The molecule has 0 aliphatic heterocycles. The van der Waals surface area contributed by atoms with Gasteiger partial charge >= 0.3 is 5.97 Å². The number of ether oxygens (including phenoxy) is 2. The molecule has 0 unspecified atom stereocenters. The summed E-state index contributed by atoms with van der Waals surface area (Å²) in [5.74, 6) is 0.0823. The van der Waals surface area contributed by atoms with Crippen LogP contribution in [0.4, 0.5) is 0 Å². The van der Waals surface area contributed by atoms with Crippen molar-refractivity contribution >= 4 is 5.97 Å². The zero-order valence-electron chi connectivity index (χ0n) is 24.4. The van der Waals surface area contributed by atoms with Crippen LogP contribution in [0.5, 0.6) is 0 Å². The first kappa shape index (κ1) is 29.9. The highest BCUT2D eigenvalue weighted by molar-refractivity contribution is 5.71. The molecule has 0 aromatic carbocycles. The number of hydrogen-bond acceptors (Lipinski definition) is 5. The van der Waals surface area contributed by atoms with Gasteiger partial charge in [0.2, 0.25) is 0 Å². The van der Waals surface area contributed by atoms with Crippen LogP contribution in [0.25, 0.3) is 0 Å². The number of allylic oxidation sites excluding steroid dienone is 4. The quantitative estimate of drug-likeness (QED) is 0.314. The van der Waals surface area contributed by atoms with Gasteiger partial charge in [0.1, 0.15) is 12.7 Å². The highest BCUT2D eigenvalue weighted by Gasteiger charge is 2.46. The van der Waals surface area contributed by atoms with Crippen LogP contribution >= 0.6 is 0 Å². The minimum absolute atomic E-state index is 0.00608. The Balaban J connectivity index is 1.66. The van der Waals surface area contributed by atoms with E-state index < -0.39 is 12.2 Å². The van der Waals surface area contributed by atoms with E-state index in [0.29, 0.717) is 18.8 Å². The van der Waals surface area contributed by atoms with Gasteiger partial charge in [-0.2, -0.15) is 0 Å². The summed E-state index contributed by atoms with van der Waals surface area (Å²) in [6, 6.07) is 0. The van der Waals surface area contributed by atoms with Crippen molar-refractivity contribution in [1.29, 1.82) is 0 Å². The molecular weight excluding hydrogens is 464 g/mol. The second kappa shape index (κ2) is 11.2. The molecule has 0 amide bonds. The number of carbonyl (C=O) groups excluding carboxylic acids is 1. The molecular formula is C32H50O5. The smallest absolute Gasteiger partial charge is 0.332 e. The SMILES string of the molecule is C=C1C(=CC=C2CCC[C@]3(C)C([C@H](C)OCC(=O)OC(C(C)(C)C)C(C)(C)C)=CC[C@@H]23)C[C@@H](O)C[C@@H]1O. The molecule has 0 spiro atoms. The predicted octanol–water partition coefficient (Wildman–Crippen LogP) is 6.46. The number of esters is 1. The van der Waals surface area contributed by atoms with Crippen LogP contribution < -0.4 is 0 Å². The van der Waals surface area contributed by atoms with E-state index >= 15 is 0 Å². The Morgan fingerprint density at radius 2 is 1.84 bits per heavy atom. The third-order valence-electron chi connectivity index (χ3n) is 8.59. The zero-order chi connectivity index (χ0) is 27.8. The molecule has 208 valence electrons. The molecule has 0 saturated heterocycles. The first-order valence-corrected chi connectivity index (χ1v) is 14.0. The maximum absolute atomic E-state index is 12.8. The lowest BCUT2D eigenvalue weighted by Crippen LogP contribution is -2.43. The van der Waals surface area contributed by atoms with E-state index in [1.165, 1.54) is 11.1 Å². The molecule has 5 nitrogen and oxygen atoms in total. The predicted molar refractivity (Wildman–Crippen MR) is 149 cm³/mol. The molecule has 0 bridgehead atoms. The third kappa shape index (κ3) is 6.85. The van der Waals surface area contributed by atoms with Gasteiger partial charge in [-0.15, -0.1) is 0 Å². The second-order valence-electron chi connectivity index (χ2n) is 13.8. The maximum atomic E-state index is 12.8. The van der Waals surface area contributed by atoms with Crippen LogP contribution in [0, 0.1) is 22.2 Å². The summed E-state index contributed by atoms with van der Waals surface area (Å²) in [7, 11) is 0. The zero-order valence-corrected chi connectivity index (χ0v) is 24.4. The van der Waals surface area contributed by atoms with Crippen molar-refractivity contribution < 1.29 is 24.5 Å². The van der Waals surface area contributed by atoms with Gasteiger partial charge in [-0.3, -0.25) is 0 Å². The number of fused-ring (bicyclic) bond motifs is 1. The van der Waals surface area contributed by atoms with Crippen molar-refractivity contribution in [1.82, 2.24) is 0 Å². The van der Waals surface area contributed by atoms with E-state index in [4.69, 9.17) is 9.47 Å². The van der Waals surface area contributed by atoms with Crippen LogP contribution in [-0.2, 0) is 14.3 Å². The highest BCUT2D eigenvalue weighted by Crippen LogP contribution is 2.55.